The molecule has 1 aliphatic carbocycles. The first-order valence-electron chi connectivity index (χ1n) is 13.8. The van der Waals surface area contributed by atoms with Gasteiger partial charge in [-0.2, -0.15) is 22.0 Å². The van der Waals surface area contributed by atoms with Crippen molar-refractivity contribution in [2.45, 2.75) is 78.4 Å². The summed E-state index contributed by atoms with van der Waals surface area (Å²) in [6.07, 6.45) is -3.60. The van der Waals surface area contributed by atoms with Gasteiger partial charge in [-0.15, -0.1) is 0 Å². The monoisotopic (exact) mass is 564 g/mol. The van der Waals surface area contributed by atoms with Gasteiger partial charge in [0.05, 0.1) is 18.7 Å². The summed E-state index contributed by atoms with van der Waals surface area (Å²) in [5.74, 6) is -3.20. The average molecular weight is 565 g/mol. The predicted molar refractivity (Wildman–Crippen MR) is 138 cm³/mol. The summed E-state index contributed by atoms with van der Waals surface area (Å²) in [4.78, 5) is 13.5. The van der Waals surface area contributed by atoms with E-state index in [0.717, 1.165) is 6.42 Å². The van der Waals surface area contributed by atoms with E-state index in [9.17, 15) is 31.1 Å². The number of hydrogen-bond acceptors (Lipinski definition) is 3. The Kier molecular flexibility index (Phi) is 9.60. The third-order valence-corrected chi connectivity index (χ3v) is 8.36. The molecule has 1 saturated carbocycles. The Hall–Kier alpha value is -1.97. The number of rotatable bonds is 10. The van der Waals surface area contributed by atoms with Crippen LogP contribution < -0.4 is 10.1 Å². The smallest absolute Gasteiger partial charge is 0.454 e. The molecule has 1 saturated heterocycles. The van der Waals surface area contributed by atoms with Crippen LogP contribution in [0.25, 0.3) is 0 Å². The molecule has 0 bridgehead atoms. The van der Waals surface area contributed by atoms with E-state index in [1.54, 1.807) is 6.07 Å². The van der Waals surface area contributed by atoms with Gasteiger partial charge in [0.15, 0.2) is 0 Å². The molecule has 10 heteroatoms. The fraction of sp³-hybridized carbons (Fsp3) is 0.759. The molecule has 1 N–H and O–H groups in total. The van der Waals surface area contributed by atoms with Crippen molar-refractivity contribution in [2.24, 2.45) is 35.5 Å². The maximum Gasteiger partial charge on any atom is 0.454 e. The Bertz CT molecular complexity index is 983. The van der Waals surface area contributed by atoms with Crippen LogP contribution >= 0.6 is 0 Å². The van der Waals surface area contributed by atoms with Crippen LogP contribution in [0.5, 0.6) is 5.75 Å². The van der Waals surface area contributed by atoms with Crippen molar-refractivity contribution in [3.8, 4) is 5.75 Å². The Morgan fingerprint density at radius 1 is 1.08 bits per heavy atom. The van der Waals surface area contributed by atoms with E-state index in [4.69, 9.17) is 4.74 Å². The van der Waals surface area contributed by atoms with Gasteiger partial charge in [-0.1, -0.05) is 20.8 Å². The van der Waals surface area contributed by atoms with E-state index >= 15 is 0 Å². The number of nitrogens with one attached hydrogen (secondary N) is 1. The molecule has 0 radical (unpaired) electrons. The highest BCUT2D eigenvalue weighted by Gasteiger charge is 2.59. The molecule has 4 atom stereocenters. The highest BCUT2D eigenvalue weighted by molar-refractivity contribution is 5.95. The van der Waals surface area contributed by atoms with E-state index in [1.165, 1.54) is 17.0 Å². The molecule has 0 spiro atoms. The molecule has 1 aromatic rings. The molecular weight excluding hydrogens is 522 g/mol. The highest BCUT2D eigenvalue weighted by atomic mass is 19.4. The van der Waals surface area contributed by atoms with E-state index in [0.29, 0.717) is 54.8 Å². The van der Waals surface area contributed by atoms with Crippen molar-refractivity contribution in [1.29, 1.82) is 0 Å². The van der Waals surface area contributed by atoms with Crippen molar-refractivity contribution >= 4 is 5.91 Å². The van der Waals surface area contributed by atoms with Gasteiger partial charge in [-0.25, -0.2) is 4.39 Å². The number of hydrogen-bond donors (Lipinski definition) is 1. The largest absolute Gasteiger partial charge is 0.493 e. The molecular formula is C29H42F6N2O2. The second kappa shape index (κ2) is 11.9. The Balaban J connectivity index is 1.55. The maximum absolute atomic E-state index is 14.6. The minimum Gasteiger partial charge on any atom is -0.493 e. The van der Waals surface area contributed by atoms with Crippen LogP contribution in [0.15, 0.2) is 18.2 Å². The van der Waals surface area contributed by atoms with Gasteiger partial charge in [-0.3, -0.25) is 9.69 Å². The third kappa shape index (κ3) is 8.04. The number of halogens is 6. The quantitative estimate of drug-likeness (QED) is 0.306. The van der Waals surface area contributed by atoms with Crippen LogP contribution in [0, 0.1) is 41.3 Å². The Morgan fingerprint density at radius 3 is 2.21 bits per heavy atom. The fourth-order valence-electron chi connectivity index (χ4n) is 6.02. The van der Waals surface area contributed by atoms with Crippen molar-refractivity contribution < 1.29 is 35.9 Å². The minimum absolute atomic E-state index is 0.0512. The first-order chi connectivity index (χ1) is 17.9. The normalized spacial score (nSPS) is 24.1. The summed E-state index contributed by atoms with van der Waals surface area (Å²) in [7, 11) is 0. The molecule has 2 fully saturated rings. The number of ether oxygens (including phenoxy) is 1. The summed E-state index contributed by atoms with van der Waals surface area (Å²) in [6, 6.07) is 4.19. The van der Waals surface area contributed by atoms with Crippen molar-refractivity contribution in [2.75, 3.05) is 26.2 Å². The number of piperidine rings is 1. The molecule has 1 aliphatic heterocycles. The van der Waals surface area contributed by atoms with Gasteiger partial charge >= 0.3 is 12.1 Å². The van der Waals surface area contributed by atoms with Gasteiger partial charge in [0.2, 0.25) is 0 Å². The number of carbonyl (C=O) groups excluding carboxylic acids is 1. The number of alkyl halides is 5. The SMILES string of the molecule is CC(C)C(C)C1C(CCOc2ccc(C(=O)NC(C)(C)C)c(F)c2)C1C1CCN(CC(F)(F)C(F)(F)F)CC1. The number of benzene rings is 1. The molecule has 0 aromatic heterocycles. The number of likely N-dealkylation sites (tertiary alicyclic amines) is 1. The van der Waals surface area contributed by atoms with Crippen LogP contribution in [0.1, 0.15) is 71.2 Å². The predicted octanol–water partition coefficient (Wildman–Crippen LogP) is 7.19. The van der Waals surface area contributed by atoms with Crippen molar-refractivity contribution in [1.82, 2.24) is 10.2 Å². The molecule has 1 heterocycles. The summed E-state index contributed by atoms with van der Waals surface area (Å²) in [5, 5.41) is 2.73. The molecule has 222 valence electrons. The molecule has 2 aliphatic rings. The molecule has 1 aromatic carbocycles. The number of amides is 1. The molecule has 3 rings (SSSR count). The van der Waals surface area contributed by atoms with Crippen molar-refractivity contribution in [3.63, 3.8) is 0 Å². The van der Waals surface area contributed by atoms with Gasteiger partial charge in [0.25, 0.3) is 5.91 Å². The van der Waals surface area contributed by atoms with E-state index in [-0.39, 0.29) is 24.6 Å². The lowest BCUT2D eigenvalue weighted by molar-refractivity contribution is -0.287. The van der Waals surface area contributed by atoms with Crippen LogP contribution in [0.2, 0.25) is 0 Å². The third-order valence-electron chi connectivity index (χ3n) is 8.36. The summed E-state index contributed by atoms with van der Waals surface area (Å²) in [5.41, 5.74) is -0.543. The summed E-state index contributed by atoms with van der Waals surface area (Å²) in [6.45, 7) is 11.5. The van der Waals surface area contributed by atoms with E-state index < -0.39 is 35.9 Å². The molecule has 39 heavy (non-hydrogen) atoms. The zero-order valence-electron chi connectivity index (χ0n) is 23.7. The molecule has 4 unspecified atom stereocenters. The first kappa shape index (κ1) is 31.6. The number of carbonyl (C=O) groups is 1. The standard InChI is InChI=1S/C29H42F6N2O2/c1-17(2)18(3)24-22(25(24)19-9-12-37(13-10-19)16-28(31,32)29(33,34)35)11-14-39-20-7-8-21(23(30)15-20)26(38)36-27(4,5)6/h7-8,15,17-19,22,24-25H,9-14,16H2,1-6H3,(H,36,38). The minimum atomic E-state index is -5.54. The Morgan fingerprint density at radius 2 is 1.69 bits per heavy atom. The van der Waals surface area contributed by atoms with E-state index in [1.807, 2.05) is 20.8 Å². The Labute approximate surface area is 227 Å². The lowest BCUT2D eigenvalue weighted by Gasteiger charge is -2.35. The van der Waals surface area contributed by atoms with Crippen LogP contribution in [0.4, 0.5) is 26.3 Å². The average Bonchev–Trinajstić information content (AvgIpc) is 3.50. The highest BCUT2D eigenvalue weighted by Crippen LogP contribution is 2.60. The fourth-order valence-corrected chi connectivity index (χ4v) is 6.02. The van der Waals surface area contributed by atoms with Crippen LogP contribution in [-0.4, -0.2) is 54.7 Å². The van der Waals surface area contributed by atoms with Gasteiger partial charge in [-0.05, 0) is 101 Å². The summed E-state index contributed by atoms with van der Waals surface area (Å²) >= 11 is 0. The lowest BCUT2D eigenvalue weighted by Crippen LogP contribution is -2.49. The summed E-state index contributed by atoms with van der Waals surface area (Å²) < 4.78 is 85.3. The maximum atomic E-state index is 14.6. The van der Waals surface area contributed by atoms with Crippen LogP contribution in [0.3, 0.4) is 0 Å². The molecule has 1 amide bonds. The zero-order chi connectivity index (χ0) is 29.3. The second-order valence-corrected chi connectivity index (χ2v) is 12.7. The lowest BCUT2D eigenvalue weighted by atomic mass is 9.85. The van der Waals surface area contributed by atoms with E-state index in [2.05, 4.69) is 26.1 Å². The van der Waals surface area contributed by atoms with Gasteiger partial charge in [0.1, 0.15) is 11.6 Å². The van der Waals surface area contributed by atoms with Crippen LogP contribution in [-0.2, 0) is 0 Å². The zero-order valence-corrected chi connectivity index (χ0v) is 23.7. The molecule has 4 nitrogen and oxygen atoms in total. The topological polar surface area (TPSA) is 41.6 Å². The first-order valence-corrected chi connectivity index (χ1v) is 13.8. The second-order valence-electron chi connectivity index (χ2n) is 12.7. The van der Waals surface area contributed by atoms with Crippen molar-refractivity contribution in [3.05, 3.63) is 29.6 Å². The van der Waals surface area contributed by atoms with Gasteiger partial charge < -0.3 is 10.1 Å². The van der Waals surface area contributed by atoms with Gasteiger partial charge in [0, 0.05) is 11.6 Å². The number of nitrogens with zero attached hydrogens (tertiary/aromatic N) is 1.